The molecule has 1 heterocycles. The van der Waals surface area contributed by atoms with Gasteiger partial charge < -0.3 is 4.74 Å². The Bertz CT molecular complexity index is 1060. The van der Waals surface area contributed by atoms with E-state index in [1.165, 1.54) is 23.5 Å². The predicted octanol–water partition coefficient (Wildman–Crippen LogP) is 3.86. The minimum absolute atomic E-state index is 0.0181. The second-order valence-corrected chi connectivity index (χ2v) is 8.79. The molecule has 0 atom stereocenters. The van der Waals surface area contributed by atoms with Crippen LogP contribution in [0.25, 0.3) is 11.3 Å². The highest BCUT2D eigenvalue weighted by atomic mass is 32.2. The second kappa shape index (κ2) is 7.89. The number of carbonyl (C=O) groups is 1. The van der Waals surface area contributed by atoms with Crippen LogP contribution in [0, 0.1) is 0 Å². The van der Waals surface area contributed by atoms with Crippen molar-refractivity contribution in [1.29, 1.82) is 0 Å². The second-order valence-electron chi connectivity index (χ2n) is 5.65. The van der Waals surface area contributed by atoms with E-state index < -0.39 is 15.7 Å². The molecular weight excluding hydrogens is 384 g/mol. The molecule has 0 fully saturated rings. The summed E-state index contributed by atoms with van der Waals surface area (Å²) in [6.45, 7) is 1.57. The Morgan fingerprint density at radius 3 is 2.59 bits per heavy atom. The molecule has 8 heteroatoms. The van der Waals surface area contributed by atoms with E-state index in [1.54, 1.807) is 26.2 Å². The van der Waals surface area contributed by atoms with Gasteiger partial charge in [0.25, 0.3) is 5.91 Å². The maximum Gasteiger partial charge on any atom is 0.257 e. The number of amides is 1. The summed E-state index contributed by atoms with van der Waals surface area (Å²) in [5.41, 5.74) is 1.91. The number of ether oxygens (including phenoxy) is 1. The third-order valence-electron chi connectivity index (χ3n) is 3.95. The molecule has 0 aliphatic carbocycles. The van der Waals surface area contributed by atoms with Crippen LogP contribution in [0.4, 0.5) is 5.13 Å². The number of rotatable bonds is 6. The van der Waals surface area contributed by atoms with Gasteiger partial charge in [0.15, 0.2) is 15.0 Å². The molecule has 0 saturated heterocycles. The van der Waals surface area contributed by atoms with Crippen LogP contribution in [0.3, 0.4) is 0 Å². The number of benzene rings is 2. The van der Waals surface area contributed by atoms with Crippen LogP contribution in [-0.4, -0.2) is 32.2 Å². The Morgan fingerprint density at radius 1 is 1.19 bits per heavy atom. The average Bonchev–Trinajstić information content (AvgIpc) is 3.16. The van der Waals surface area contributed by atoms with E-state index in [0.717, 1.165) is 17.0 Å². The largest absolute Gasteiger partial charge is 0.497 e. The van der Waals surface area contributed by atoms with Crippen LogP contribution >= 0.6 is 11.3 Å². The van der Waals surface area contributed by atoms with Gasteiger partial charge in [-0.2, -0.15) is 0 Å². The number of hydrogen-bond acceptors (Lipinski definition) is 6. The van der Waals surface area contributed by atoms with E-state index >= 15 is 0 Å². The lowest BCUT2D eigenvalue weighted by molar-refractivity contribution is 0.102. The van der Waals surface area contributed by atoms with Gasteiger partial charge in [-0.25, -0.2) is 13.4 Å². The summed E-state index contributed by atoms with van der Waals surface area (Å²) in [6, 6.07) is 13.5. The van der Waals surface area contributed by atoms with Gasteiger partial charge in [0.2, 0.25) is 0 Å². The van der Waals surface area contributed by atoms with E-state index in [2.05, 4.69) is 10.3 Å². The Hall–Kier alpha value is -2.71. The quantitative estimate of drug-likeness (QED) is 0.677. The molecule has 0 saturated carbocycles. The highest BCUT2D eigenvalue weighted by Crippen LogP contribution is 2.27. The number of methoxy groups -OCH3 is 1. The fourth-order valence-electron chi connectivity index (χ4n) is 2.39. The molecule has 0 aliphatic heterocycles. The molecule has 1 aromatic heterocycles. The van der Waals surface area contributed by atoms with E-state index in [0.29, 0.717) is 5.13 Å². The molecule has 0 bridgehead atoms. The minimum Gasteiger partial charge on any atom is -0.497 e. The monoisotopic (exact) mass is 402 g/mol. The van der Waals surface area contributed by atoms with Crippen LogP contribution in [0.5, 0.6) is 5.75 Å². The number of nitrogens with zero attached hydrogens (tertiary/aromatic N) is 1. The van der Waals surface area contributed by atoms with E-state index in [4.69, 9.17) is 4.74 Å². The summed E-state index contributed by atoms with van der Waals surface area (Å²) in [4.78, 5) is 17.0. The Labute approximate surface area is 161 Å². The van der Waals surface area contributed by atoms with Crippen LogP contribution in [0.15, 0.2) is 58.8 Å². The SMILES string of the molecule is CCS(=O)(=O)c1cccc(C(=O)Nc2nc(-c3ccc(OC)cc3)cs2)c1. The van der Waals surface area contributed by atoms with Crippen molar-refractivity contribution in [3.8, 4) is 17.0 Å². The van der Waals surface area contributed by atoms with E-state index in [1.807, 2.05) is 29.6 Å². The van der Waals surface area contributed by atoms with Crippen LogP contribution in [-0.2, 0) is 9.84 Å². The smallest absolute Gasteiger partial charge is 0.257 e. The molecule has 1 amide bonds. The van der Waals surface area contributed by atoms with Crippen molar-refractivity contribution in [1.82, 2.24) is 4.98 Å². The number of carbonyl (C=O) groups excluding carboxylic acids is 1. The minimum atomic E-state index is -3.37. The fourth-order valence-corrected chi connectivity index (χ4v) is 4.03. The van der Waals surface area contributed by atoms with Gasteiger partial charge in [-0.05, 0) is 42.5 Å². The molecule has 0 radical (unpaired) electrons. The normalized spacial score (nSPS) is 11.2. The van der Waals surface area contributed by atoms with Crippen LogP contribution in [0.1, 0.15) is 17.3 Å². The van der Waals surface area contributed by atoms with E-state index in [9.17, 15) is 13.2 Å². The molecule has 3 rings (SSSR count). The van der Waals surface area contributed by atoms with Crippen molar-refractivity contribution in [3.63, 3.8) is 0 Å². The van der Waals surface area contributed by atoms with Crippen molar-refractivity contribution in [2.75, 3.05) is 18.2 Å². The molecule has 140 valence electrons. The number of sulfone groups is 1. The standard InChI is InChI=1S/C19H18N2O4S2/c1-3-27(23,24)16-6-4-5-14(11-16)18(22)21-19-20-17(12-26-19)13-7-9-15(25-2)10-8-13/h4-12H,3H2,1-2H3,(H,20,21,22). The zero-order valence-corrected chi connectivity index (χ0v) is 16.4. The third-order valence-corrected chi connectivity index (χ3v) is 6.44. The molecule has 6 nitrogen and oxygen atoms in total. The molecule has 27 heavy (non-hydrogen) atoms. The fraction of sp³-hybridized carbons (Fsp3) is 0.158. The zero-order valence-electron chi connectivity index (χ0n) is 14.8. The summed E-state index contributed by atoms with van der Waals surface area (Å²) in [6.07, 6.45) is 0. The summed E-state index contributed by atoms with van der Waals surface area (Å²) in [5.74, 6) is 0.332. The molecular formula is C19H18N2O4S2. The Morgan fingerprint density at radius 2 is 1.93 bits per heavy atom. The Balaban J connectivity index is 1.77. The van der Waals surface area contributed by atoms with Gasteiger partial charge in [0.1, 0.15) is 5.75 Å². The number of thiazole rings is 1. The van der Waals surface area contributed by atoms with Crippen molar-refractivity contribution in [2.45, 2.75) is 11.8 Å². The van der Waals surface area contributed by atoms with Gasteiger partial charge in [-0.15, -0.1) is 11.3 Å². The van der Waals surface area contributed by atoms with Crippen molar-refractivity contribution < 1.29 is 17.9 Å². The maximum absolute atomic E-state index is 12.5. The highest BCUT2D eigenvalue weighted by Gasteiger charge is 2.15. The lowest BCUT2D eigenvalue weighted by Gasteiger charge is -2.05. The first-order valence-corrected chi connectivity index (χ1v) is 10.7. The Kier molecular flexibility index (Phi) is 5.57. The van der Waals surface area contributed by atoms with Crippen molar-refractivity contribution in [2.24, 2.45) is 0 Å². The first-order valence-electron chi connectivity index (χ1n) is 8.17. The first kappa shape index (κ1) is 19.1. The van der Waals surface area contributed by atoms with Crippen molar-refractivity contribution >= 4 is 32.2 Å². The predicted molar refractivity (Wildman–Crippen MR) is 106 cm³/mol. The number of nitrogens with one attached hydrogen (secondary N) is 1. The summed E-state index contributed by atoms with van der Waals surface area (Å²) < 4.78 is 29.1. The van der Waals surface area contributed by atoms with Crippen LogP contribution < -0.4 is 10.1 Å². The van der Waals surface area contributed by atoms with E-state index in [-0.39, 0.29) is 16.2 Å². The molecule has 0 spiro atoms. The molecule has 1 N–H and O–H groups in total. The van der Waals surface area contributed by atoms with Gasteiger partial charge in [0, 0.05) is 16.5 Å². The van der Waals surface area contributed by atoms with Gasteiger partial charge in [0.05, 0.1) is 23.5 Å². The maximum atomic E-state index is 12.5. The van der Waals surface area contributed by atoms with Gasteiger partial charge in [-0.1, -0.05) is 13.0 Å². The molecule has 0 unspecified atom stereocenters. The number of hydrogen-bond donors (Lipinski definition) is 1. The van der Waals surface area contributed by atoms with Gasteiger partial charge in [-0.3, -0.25) is 10.1 Å². The summed E-state index contributed by atoms with van der Waals surface area (Å²) in [7, 11) is -1.76. The van der Waals surface area contributed by atoms with Crippen LogP contribution in [0.2, 0.25) is 0 Å². The average molecular weight is 402 g/mol. The topological polar surface area (TPSA) is 85.4 Å². The van der Waals surface area contributed by atoms with Crippen molar-refractivity contribution in [3.05, 3.63) is 59.5 Å². The number of aromatic nitrogens is 1. The third kappa shape index (κ3) is 4.35. The first-order chi connectivity index (χ1) is 12.9. The summed E-state index contributed by atoms with van der Waals surface area (Å²) in [5, 5.41) is 5.00. The molecule has 2 aromatic carbocycles. The molecule has 3 aromatic rings. The lowest BCUT2D eigenvalue weighted by Crippen LogP contribution is -2.13. The highest BCUT2D eigenvalue weighted by molar-refractivity contribution is 7.91. The number of anilines is 1. The van der Waals surface area contributed by atoms with Gasteiger partial charge >= 0.3 is 0 Å². The zero-order chi connectivity index (χ0) is 19.4. The summed E-state index contributed by atoms with van der Waals surface area (Å²) >= 11 is 1.30. The molecule has 0 aliphatic rings. The lowest BCUT2D eigenvalue weighted by atomic mass is 10.2.